The Bertz CT molecular complexity index is 1190. The molecule has 2 bridgehead atoms. The number of piperidine rings is 1. The van der Waals surface area contributed by atoms with Crippen molar-refractivity contribution in [3.63, 3.8) is 0 Å². The van der Waals surface area contributed by atoms with Crippen LogP contribution in [0.15, 0.2) is 30.6 Å². The quantitative estimate of drug-likeness (QED) is 0.141. The predicted octanol–water partition coefficient (Wildman–Crippen LogP) is 0.105. The van der Waals surface area contributed by atoms with Gasteiger partial charge in [-0.15, -0.1) is 4.28 Å². The molecule has 0 saturated carbocycles. The molecule has 4 rings (SSSR count). The summed E-state index contributed by atoms with van der Waals surface area (Å²) in [6.45, 7) is 8.68. The van der Waals surface area contributed by atoms with Gasteiger partial charge in [-0.2, -0.15) is 18.3 Å². The van der Waals surface area contributed by atoms with Crippen LogP contribution in [-0.4, -0.2) is 109 Å². The first kappa shape index (κ1) is 30.1. The fraction of sp³-hybridized carbons (Fsp3) is 0.667. The van der Waals surface area contributed by atoms with Gasteiger partial charge in [0.1, 0.15) is 18.2 Å². The van der Waals surface area contributed by atoms with Crippen molar-refractivity contribution in [1.29, 1.82) is 0 Å². The molecule has 4 heterocycles. The van der Waals surface area contributed by atoms with Crippen molar-refractivity contribution in [2.45, 2.75) is 57.7 Å². The van der Waals surface area contributed by atoms with E-state index in [1.165, 1.54) is 4.90 Å². The lowest BCUT2D eigenvalue weighted by atomic mass is 10.0. The Hall–Kier alpha value is -2.89. The van der Waals surface area contributed by atoms with E-state index in [0.29, 0.717) is 37.7 Å². The molecule has 15 nitrogen and oxygen atoms in total. The first-order chi connectivity index (χ1) is 18.8. The lowest BCUT2D eigenvalue weighted by molar-refractivity contribution is -0.807. The molecule has 1 unspecified atom stereocenters. The van der Waals surface area contributed by atoms with Gasteiger partial charge < -0.3 is 9.64 Å². The van der Waals surface area contributed by atoms with E-state index in [0.717, 1.165) is 13.0 Å². The monoisotopic (exact) mass is 586 g/mol. The van der Waals surface area contributed by atoms with Crippen LogP contribution in [0, 0.1) is 0 Å². The van der Waals surface area contributed by atoms with Gasteiger partial charge in [0.05, 0.1) is 19.2 Å². The fourth-order valence-electron chi connectivity index (χ4n) is 5.28. The molecule has 0 aromatic carbocycles. The number of hydroxylamine groups is 3. The van der Waals surface area contributed by atoms with Crippen molar-refractivity contribution < 1.29 is 45.9 Å². The van der Waals surface area contributed by atoms with Crippen LogP contribution >= 0.6 is 0 Å². The minimum absolute atomic E-state index is 0.0110. The van der Waals surface area contributed by atoms with E-state index < -0.39 is 40.0 Å². The summed E-state index contributed by atoms with van der Waals surface area (Å²) in [5.41, 5.74) is 1.76. The van der Waals surface area contributed by atoms with Crippen molar-refractivity contribution in [3.8, 4) is 0 Å². The number of fused-ring (bicyclic) bond motifs is 2. The molecule has 2 N–H and O–H groups in total. The van der Waals surface area contributed by atoms with Gasteiger partial charge in [0.15, 0.2) is 6.54 Å². The van der Waals surface area contributed by atoms with Gasteiger partial charge in [-0.25, -0.2) is 10.3 Å². The fourth-order valence-corrected chi connectivity index (χ4v) is 5.67. The molecule has 3 fully saturated rings. The minimum atomic E-state index is -4.86. The normalized spacial score (nSPS) is 25.9. The van der Waals surface area contributed by atoms with Crippen LogP contribution in [0.25, 0.3) is 0 Å². The summed E-state index contributed by atoms with van der Waals surface area (Å²) in [7, 11) is -4.86. The van der Waals surface area contributed by atoms with Crippen LogP contribution in [-0.2, 0) is 29.1 Å². The largest absolute Gasteiger partial charge is 0.575 e. The third kappa shape index (κ3) is 7.05. The van der Waals surface area contributed by atoms with Crippen molar-refractivity contribution in [1.82, 2.24) is 24.9 Å². The van der Waals surface area contributed by atoms with Gasteiger partial charge >= 0.3 is 22.5 Å². The maximum atomic E-state index is 13.4. The van der Waals surface area contributed by atoms with Gasteiger partial charge in [-0.05, 0) is 44.4 Å². The first-order valence-corrected chi connectivity index (χ1v) is 14.6. The van der Waals surface area contributed by atoms with Crippen molar-refractivity contribution in [2.75, 3.05) is 45.9 Å². The average molecular weight is 587 g/mol. The molecule has 1 aromatic rings. The number of ether oxygens (including phenoxy) is 1. The van der Waals surface area contributed by atoms with Crippen LogP contribution in [0.4, 0.5) is 9.59 Å². The van der Waals surface area contributed by atoms with Crippen LogP contribution in [0.1, 0.15) is 40.0 Å². The van der Waals surface area contributed by atoms with Crippen LogP contribution < -0.4 is 14.7 Å². The maximum absolute atomic E-state index is 13.4. The molecule has 1 aromatic heterocycles. The van der Waals surface area contributed by atoms with Crippen molar-refractivity contribution in [3.05, 3.63) is 30.6 Å². The number of hydrogen-bond donors (Lipinski definition) is 2. The number of urea groups is 1. The zero-order valence-electron chi connectivity index (χ0n) is 23.0. The Labute approximate surface area is 233 Å². The molecular weight excluding hydrogens is 548 g/mol. The molecule has 16 heteroatoms. The molecule has 3 aliphatic rings. The Morgan fingerprint density at radius 1 is 1.15 bits per heavy atom. The summed E-state index contributed by atoms with van der Waals surface area (Å²) >= 11 is 0. The molecule has 0 spiro atoms. The molecule has 3 aliphatic heterocycles. The lowest BCUT2D eigenvalue weighted by Crippen LogP contribution is -2.79. The Balaban J connectivity index is 1.28. The Morgan fingerprint density at radius 2 is 1.88 bits per heavy atom. The number of pyridine rings is 1. The Kier molecular flexibility index (Phi) is 8.96. The molecule has 0 aliphatic carbocycles. The van der Waals surface area contributed by atoms with Crippen LogP contribution in [0.5, 0.6) is 0 Å². The second-order valence-corrected chi connectivity index (χ2v) is 12.1. The highest BCUT2D eigenvalue weighted by Crippen LogP contribution is 2.30. The first-order valence-electron chi connectivity index (χ1n) is 13.3. The molecule has 222 valence electrons. The van der Waals surface area contributed by atoms with E-state index in [-0.39, 0.29) is 30.3 Å². The Morgan fingerprint density at radius 3 is 2.55 bits per heavy atom. The number of carbonyl (C=O) groups excluding carboxylic acids is 3. The van der Waals surface area contributed by atoms with E-state index in [9.17, 15) is 22.8 Å². The second-order valence-electron chi connectivity index (χ2n) is 11.1. The van der Waals surface area contributed by atoms with Crippen LogP contribution in [0.2, 0.25) is 0 Å². The number of amides is 4. The van der Waals surface area contributed by atoms with Gasteiger partial charge in [-0.3, -0.25) is 19.1 Å². The smallest absolute Gasteiger partial charge is 0.410 e. The van der Waals surface area contributed by atoms with E-state index >= 15 is 0 Å². The number of nitrogens with one attached hydrogen (secondary N) is 1. The summed E-state index contributed by atoms with van der Waals surface area (Å²) in [6, 6.07) is 3.41. The van der Waals surface area contributed by atoms with E-state index in [2.05, 4.69) is 14.7 Å². The summed E-state index contributed by atoms with van der Waals surface area (Å²) < 4.78 is 43.1. The molecule has 3 saturated heterocycles. The number of quaternary nitrogens is 1. The van der Waals surface area contributed by atoms with Crippen molar-refractivity contribution in [2.24, 2.45) is 0 Å². The second kappa shape index (κ2) is 11.9. The van der Waals surface area contributed by atoms with E-state index in [1.54, 1.807) is 0 Å². The highest BCUT2D eigenvalue weighted by Gasteiger charge is 2.51. The molecule has 0 radical (unpaired) electrons. The highest BCUT2D eigenvalue weighted by molar-refractivity contribution is 7.80. The summed E-state index contributed by atoms with van der Waals surface area (Å²) in [4.78, 5) is 47.4. The van der Waals surface area contributed by atoms with Gasteiger partial charge in [0.2, 0.25) is 12.4 Å². The number of hydrogen-bond acceptors (Lipinski definition) is 9. The third-order valence-electron chi connectivity index (χ3n) is 7.15. The number of nitrogens with zero attached hydrogens (tertiary/aromatic N) is 5. The third-order valence-corrected chi connectivity index (χ3v) is 7.50. The highest BCUT2D eigenvalue weighted by atomic mass is 32.3. The lowest BCUT2D eigenvalue weighted by Gasteiger charge is -2.29. The van der Waals surface area contributed by atoms with E-state index in [1.807, 2.05) is 56.0 Å². The molecule has 4 amide bonds. The van der Waals surface area contributed by atoms with Crippen molar-refractivity contribution >= 4 is 28.4 Å². The summed E-state index contributed by atoms with van der Waals surface area (Å²) in [5.74, 6) is -0.530. The predicted molar refractivity (Wildman–Crippen MR) is 139 cm³/mol. The standard InChI is InChI=1S/C24H36N6O9S/c1-24(2,3)38-23(33)30(27-11-5-4-6-12-27)15-7-10-26(13-16-30)14-17-37-25-21(31)20-9-8-19-18-28(20)22(32)29(19)39-40(34,35)36/h4-6,11-12,19-20H,7-10,13-18H2,1-3H3/p+2/t19-,20+,30?/m1/s1. The minimum Gasteiger partial charge on any atom is -0.410 e. The molecular formula is C24H38N6O9S+2. The number of rotatable bonds is 8. The number of carbonyl (C=O) groups is 3. The van der Waals surface area contributed by atoms with E-state index in [4.69, 9.17) is 14.1 Å². The zero-order valence-corrected chi connectivity index (χ0v) is 23.8. The summed E-state index contributed by atoms with van der Waals surface area (Å²) in [5, 5.41) is 0.590. The topological polar surface area (TPSA) is 159 Å². The van der Waals surface area contributed by atoms with Gasteiger partial charge in [0, 0.05) is 42.8 Å². The average Bonchev–Trinajstić information content (AvgIpc) is 3.03. The SMILES string of the molecule is CC(C)(C)OC(=O)[N+]1([n+]2ccccc2)CCCN(CCONC(=O)[C@@H]2CC[C@@H]3CN2C(=O)N3OS(=O)(=O)O)CC1. The maximum Gasteiger partial charge on any atom is 0.575 e. The van der Waals surface area contributed by atoms with Gasteiger partial charge in [0.25, 0.3) is 5.91 Å². The zero-order chi connectivity index (χ0) is 29.1. The molecule has 40 heavy (non-hydrogen) atoms. The summed E-state index contributed by atoms with van der Waals surface area (Å²) in [6.07, 6.45) is 4.75. The van der Waals surface area contributed by atoms with Gasteiger partial charge in [-0.1, -0.05) is 0 Å². The number of aromatic nitrogens is 1. The molecule has 3 atom stereocenters. The van der Waals surface area contributed by atoms with Crippen LogP contribution in [0.3, 0.4) is 0 Å².